The van der Waals surface area contributed by atoms with Crippen LogP contribution >= 0.6 is 0 Å². The van der Waals surface area contributed by atoms with Crippen LogP contribution in [-0.4, -0.2) is 9.91 Å². The zero-order chi connectivity index (χ0) is 13.8. The number of H-pyrrole nitrogens is 1. The minimum absolute atomic E-state index is 0.0359. The maximum absolute atomic E-state index is 11.3. The fourth-order valence-corrected chi connectivity index (χ4v) is 1.77. The summed E-state index contributed by atoms with van der Waals surface area (Å²) in [5, 5.41) is 10.9. The Morgan fingerprint density at radius 3 is 2.63 bits per heavy atom. The number of nitro benzene ring substituents is 1. The Morgan fingerprint density at radius 1 is 1.21 bits per heavy atom. The van der Waals surface area contributed by atoms with E-state index in [1.807, 2.05) is 0 Å². The lowest BCUT2D eigenvalue weighted by Crippen LogP contribution is -2.01. The van der Waals surface area contributed by atoms with Gasteiger partial charge in [0.15, 0.2) is 5.43 Å². The van der Waals surface area contributed by atoms with Crippen LogP contribution in [0.15, 0.2) is 41.2 Å². The Balaban J connectivity index is 2.38. The number of hydrogen-bond donors (Lipinski definition) is 1. The molecule has 0 spiro atoms. The number of rotatable bonds is 3. The lowest BCUT2D eigenvalue weighted by Gasteiger charge is -1.98. The van der Waals surface area contributed by atoms with E-state index in [4.69, 9.17) is 0 Å². The van der Waals surface area contributed by atoms with Crippen LogP contribution in [0.3, 0.4) is 0 Å². The van der Waals surface area contributed by atoms with Gasteiger partial charge in [-0.3, -0.25) is 14.9 Å². The van der Waals surface area contributed by atoms with Crippen molar-refractivity contribution in [1.82, 2.24) is 4.98 Å². The zero-order valence-electron chi connectivity index (χ0n) is 10.3. The number of aromatic amines is 1. The molecule has 2 aromatic rings. The average molecular weight is 256 g/mol. The fourth-order valence-electron chi connectivity index (χ4n) is 1.77. The molecule has 1 N–H and O–H groups in total. The summed E-state index contributed by atoms with van der Waals surface area (Å²) >= 11 is 0. The number of para-hydroxylation sites is 1. The SMILES string of the molecule is Cc1cc(=O)cc(/C=C/c2ccccc2[N+](=O)[O-])[nH]1. The average Bonchev–Trinajstić information content (AvgIpc) is 2.35. The van der Waals surface area contributed by atoms with Crippen molar-refractivity contribution in [1.29, 1.82) is 0 Å². The van der Waals surface area contributed by atoms with E-state index in [1.54, 1.807) is 37.3 Å². The van der Waals surface area contributed by atoms with Crippen LogP contribution < -0.4 is 5.43 Å². The number of aryl methyl sites for hydroxylation is 1. The molecule has 1 heterocycles. The van der Waals surface area contributed by atoms with Gasteiger partial charge in [-0.25, -0.2) is 0 Å². The van der Waals surface area contributed by atoms with Crippen LogP contribution in [0.1, 0.15) is 17.0 Å². The van der Waals surface area contributed by atoms with Crippen molar-refractivity contribution in [2.75, 3.05) is 0 Å². The summed E-state index contributed by atoms with van der Waals surface area (Å²) in [5.74, 6) is 0. The van der Waals surface area contributed by atoms with Gasteiger partial charge in [0.25, 0.3) is 5.69 Å². The van der Waals surface area contributed by atoms with Gasteiger partial charge in [0, 0.05) is 29.6 Å². The molecule has 0 amide bonds. The van der Waals surface area contributed by atoms with Gasteiger partial charge >= 0.3 is 0 Å². The predicted molar refractivity (Wildman–Crippen MR) is 73.8 cm³/mol. The Bertz CT molecular complexity index is 702. The van der Waals surface area contributed by atoms with Crippen molar-refractivity contribution in [3.8, 4) is 0 Å². The first-order valence-corrected chi connectivity index (χ1v) is 5.69. The third-order valence-electron chi connectivity index (χ3n) is 2.57. The predicted octanol–water partition coefficient (Wildman–Crippen LogP) is 2.76. The summed E-state index contributed by atoms with van der Waals surface area (Å²) in [6.07, 6.45) is 3.26. The Labute approximate surface area is 109 Å². The first-order valence-electron chi connectivity index (χ1n) is 5.69. The van der Waals surface area contributed by atoms with Gasteiger partial charge in [-0.2, -0.15) is 0 Å². The second-order valence-corrected chi connectivity index (χ2v) is 4.10. The van der Waals surface area contributed by atoms with E-state index in [0.717, 1.165) is 5.69 Å². The molecular formula is C14H12N2O3. The van der Waals surface area contributed by atoms with Gasteiger partial charge in [-0.1, -0.05) is 12.1 Å². The molecule has 0 saturated carbocycles. The minimum Gasteiger partial charge on any atom is -0.359 e. The van der Waals surface area contributed by atoms with Crippen molar-refractivity contribution in [2.45, 2.75) is 6.92 Å². The first-order chi connectivity index (χ1) is 9.06. The maximum Gasteiger partial charge on any atom is 0.276 e. The van der Waals surface area contributed by atoms with E-state index >= 15 is 0 Å². The van der Waals surface area contributed by atoms with E-state index in [2.05, 4.69) is 4.98 Å². The van der Waals surface area contributed by atoms with Crippen molar-refractivity contribution in [2.24, 2.45) is 0 Å². The Morgan fingerprint density at radius 2 is 1.95 bits per heavy atom. The number of hydrogen-bond acceptors (Lipinski definition) is 3. The molecule has 0 unspecified atom stereocenters. The molecule has 5 nitrogen and oxygen atoms in total. The van der Waals surface area contributed by atoms with Crippen molar-refractivity contribution in [3.05, 3.63) is 73.7 Å². The molecule has 0 aliphatic heterocycles. The standard InChI is InChI=1S/C14H12N2O3/c1-10-8-13(17)9-12(15-10)7-6-11-4-2-3-5-14(11)16(18)19/h2-9H,1H3,(H,15,17)/b7-6+. The fraction of sp³-hybridized carbons (Fsp3) is 0.0714. The van der Waals surface area contributed by atoms with Gasteiger partial charge in [0.2, 0.25) is 0 Å². The van der Waals surface area contributed by atoms with Crippen LogP contribution in [-0.2, 0) is 0 Å². The van der Waals surface area contributed by atoms with Gasteiger partial charge in [0.1, 0.15) is 0 Å². The molecule has 0 bridgehead atoms. The molecule has 1 aromatic heterocycles. The molecular weight excluding hydrogens is 244 g/mol. The topological polar surface area (TPSA) is 76.0 Å². The lowest BCUT2D eigenvalue weighted by atomic mass is 10.1. The second kappa shape index (κ2) is 5.30. The summed E-state index contributed by atoms with van der Waals surface area (Å²) in [4.78, 5) is 24.8. The van der Waals surface area contributed by atoms with Gasteiger partial charge in [-0.15, -0.1) is 0 Å². The summed E-state index contributed by atoms with van der Waals surface area (Å²) in [5.41, 5.74) is 1.79. The third kappa shape index (κ3) is 3.16. The summed E-state index contributed by atoms with van der Waals surface area (Å²) in [7, 11) is 0. The van der Waals surface area contributed by atoms with Crippen LogP contribution in [0.5, 0.6) is 0 Å². The normalized spacial score (nSPS) is 10.8. The summed E-state index contributed by atoms with van der Waals surface area (Å²) in [6.45, 7) is 1.78. The van der Waals surface area contributed by atoms with E-state index in [0.29, 0.717) is 11.3 Å². The molecule has 1 aromatic carbocycles. The highest BCUT2D eigenvalue weighted by molar-refractivity contribution is 5.72. The molecule has 2 rings (SSSR count). The smallest absolute Gasteiger partial charge is 0.276 e. The van der Waals surface area contributed by atoms with Crippen molar-refractivity contribution in [3.63, 3.8) is 0 Å². The number of benzene rings is 1. The van der Waals surface area contributed by atoms with E-state index in [-0.39, 0.29) is 11.1 Å². The Hall–Kier alpha value is -2.69. The van der Waals surface area contributed by atoms with Crippen molar-refractivity contribution >= 4 is 17.8 Å². The van der Waals surface area contributed by atoms with E-state index in [9.17, 15) is 14.9 Å². The third-order valence-corrected chi connectivity index (χ3v) is 2.57. The minimum atomic E-state index is -0.432. The highest BCUT2D eigenvalue weighted by Gasteiger charge is 2.08. The van der Waals surface area contributed by atoms with Gasteiger partial charge in [0.05, 0.1) is 10.5 Å². The number of aromatic nitrogens is 1. The van der Waals surface area contributed by atoms with Gasteiger partial charge < -0.3 is 4.98 Å². The molecule has 96 valence electrons. The Kier molecular flexibility index (Phi) is 3.56. The number of nitro groups is 1. The van der Waals surface area contributed by atoms with Crippen LogP contribution in [0, 0.1) is 17.0 Å². The molecule has 0 saturated heterocycles. The zero-order valence-corrected chi connectivity index (χ0v) is 10.3. The molecule has 0 atom stereocenters. The quantitative estimate of drug-likeness (QED) is 0.677. The first kappa shape index (κ1) is 12.8. The molecule has 19 heavy (non-hydrogen) atoms. The van der Waals surface area contributed by atoms with Crippen molar-refractivity contribution < 1.29 is 4.92 Å². The monoisotopic (exact) mass is 256 g/mol. The molecule has 5 heteroatoms. The molecule has 0 radical (unpaired) electrons. The summed E-state index contributed by atoms with van der Waals surface area (Å²) in [6, 6.07) is 9.37. The van der Waals surface area contributed by atoms with E-state index in [1.165, 1.54) is 18.2 Å². The highest BCUT2D eigenvalue weighted by atomic mass is 16.6. The number of nitrogens with zero attached hydrogens (tertiary/aromatic N) is 1. The van der Waals surface area contributed by atoms with E-state index < -0.39 is 4.92 Å². The lowest BCUT2D eigenvalue weighted by molar-refractivity contribution is -0.385. The number of pyridine rings is 1. The highest BCUT2D eigenvalue weighted by Crippen LogP contribution is 2.19. The molecule has 0 aliphatic carbocycles. The molecule has 0 fully saturated rings. The summed E-state index contributed by atoms with van der Waals surface area (Å²) < 4.78 is 0. The molecule has 0 aliphatic rings. The number of nitrogens with one attached hydrogen (secondary N) is 1. The van der Waals surface area contributed by atoms with Crippen LogP contribution in [0.2, 0.25) is 0 Å². The largest absolute Gasteiger partial charge is 0.359 e. The second-order valence-electron chi connectivity index (χ2n) is 4.10. The maximum atomic E-state index is 11.3. The van der Waals surface area contributed by atoms with Crippen LogP contribution in [0.4, 0.5) is 5.69 Å². The van der Waals surface area contributed by atoms with Gasteiger partial charge in [-0.05, 0) is 25.1 Å². The van der Waals surface area contributed by atoms with Crippen LogP contribution in [0.25, 0.3) is 12.2 Å².